The highest BCUT2D eigenvalue weighted by Crippen LogP contribution is 2.46. The van der Waals surface area contributed by atoms with Crippen molar-refractivity contribution >= 4 is 66.8 Å². The minimum Gasteiger partial charge on any atom is -0.386 e. The molecule has 5 aromatic rings. The molecule has 0 radical (unpaired) electrons. The van der Waals surface area contributed by atoms with Crippen LogP contribution >= 0.6 is 0 Å². The number of ether oxygens (including phenoxy) is 1. The molecule has 0 spiro atoms. The van der Waals surface area contributed by atoms with Gasteiger partial charge in [0.2, 0.25) is 0 Å². The molecular formula is C43H47NO5. The molecule has 0 unspecified atom stereocenters. The monoisotopic (exact) mass is 657 g/mol. The van der Waals surface area contributed by atoms with Crippen LogP contribution in [0.1, 0.15) is 158 Å². The summed E-state index contributed by atoms with van der Waals surface area (Å²) in [5.41, 5.74) is 1.90. The molecule has 0 N–H and O–H groups in total. The first kappa shape index (κ1) is 33.2. The van der Waals surface area contributed by atoms with E-state index in [0.29, 0.717) is 33.0 Å². The second kappa shape index (κ2) is 14.3. The van der Waals surface area contributed by atoms with Crippen molar-refractivity contribution in [2.75, 3.05) is 0 Å². The van der Waals surface area contributed by atoms with Gasteiger partial charge in [-0.1, -0.05) is 128 Å². The minimum atomic E-state index is -0.643. The molecule has 0 aromatic heterocycles. The lowest BCUT2D eigenvalue weighted by atomic mass is 9.82. The fourth-order valence-electron chi connectivity index (χ4n) is 8.54. The van der Waals surface area contributed by atoms with Crippen molar-refractivity contribution < 1.29 is 23.9 Å². The molecule has 2 amide bonds. The maximum absolute atomic E-state index is 14.5. The van der Waals surface area contributed by atoms with Crippen molar-refractivity contribution in [2.45, 2.75) is 123 Å². The van der Waals surface area contributed by atoms with E-state index in [-0.39, 0.29) is 17.9 Å². The van der Waals surface area contributed by atoms with Gasteiger partial charge in [0.1, 0.15) is 0 Å². The van der Waals surface area contributed by atoms with Gasteiger partial charge in [0.25, 0.3) is 11.8 Å². The highest BCUT2D eigenvalue weighted by Gasteiger charge is 2.38. The van der Waals surface area contributed by atoms with Crippen LogP contribution in [0.25, 0.3) is 43.1 Å². The number of imide groups is 1. The first-order valence-electron chi connectivity index (χ1n) is 18.8. The molecule has 254 valence electrons. The zero-order valence-corrected chi connectivity index (χ0v) is 29.0. The van der Waals surface area contributed by atoms with Gasteiger partial charge >= 0.3 is 11.9 Å². The lowest BCUT2D eigenvalue weighted by Gasteiger charge is -2.35. The third-order valence-corrected chi connectivity index (χ3v) is 11.1. The third kappa shape index (κ3) is 5.87. The normalized spacial score (nSPS) is 14.5. The van der Waals surface area contributed by atoms with Crippen LogP contribution in [0.5, 0.6) is 0 Å². The average Bonchev–Trinajstić information content (AvgIpc) is 3.11. The number of hydrogen-bond acceptors (Lipinski definition) is 5. The van der Waals surface area contributed by atoms with Crippen LogP contribution < -0.4 is 0 Å². The van der Waals surface area contributed by atoms with E-state index in [4.69, 9.17) is 4.74 Å². The molecule has 0 atom stereocenters. The lowest BCUT2D eigenvalue weighted by Crippen LogP contribution is -2.47. The molecule has 0 aliphatic carbocycles. The summed E-state index contributed by atoms with van der Waals surface area (Å²) >= 11 is 0. The summed E-state index contributed by atoms with van der Waals surface area (Å²) in [6.45, 7) is 4.47. The Hall–Kier alpha value is -4.32. The Kier molecular flexibility index (Phi) is 9.66. The number of cyclic esters (lactones) is 2. The summed E-state index contributed by atoms with van der Waals surface area (Å²) in [6, 6.07) is 14.8. The second-order valence-electron chi connectivity index (χ2n) is 14.3. The molecule has 49 heavy (non-hydrogen) atoms. The van der Waals surface area contributed by atoms with Crippen molar-refractivity contribution in [3.05, 3.63) is 70.8 Å². The largest absolute Gasteiger partial charge is 0.386 e. The molecule has 7 rings (SSSR count). The zero-order valence-electron chi connectivity index (χ0n) is 29.0. The van der Waals surface area contributed by atoms with E-state index in [1.807, 2.05) is 36.4 Å². The van der Waals surface area contributed by atoms with Gasteiger partial charge in [0, 0.05) is 27.9 Å². The van der Waals surface area contributed by atoms with Gasteiger partial charge in [-0.15, -0.1) is 0 Å². The van der Waals surface area contributed by atoms with Crippen molar-refractivity contribution in [2.24, 2.45) is 0 Å². The number of benzene rings is 5. The predicted molar refractivity (Wildman–Crippen MR) is 197 cm³/mol. The van der Waals surface area contributed by atoms with E-state index in [1.54, 1.807) is 17.0 Å². The van der Waals surface area contributed by atoms with Crippen LogP contribution in [0.3, 0.4) is 0 Å². The highest BCUT2D eigenvalue weighted by molar-refractivity contribution is 6.40. The topological polar surface area (TPSA) is 80.8 Å². The molecule has 2 heterocycles. The Morgan fingerprint density at radius 3 is 1.20 bits per heavy atom. The fourth-order valence-corrected chi connectivity index (χ4v) is 8.54. The molecule has 0 bridgehead atoms. The minimum absolute atomic E-state index is 0.115. The molecule has 0 fully saturated rings. The maximum atomic E-state index is 14.5. The number of rotatable bonds is 17. The van der Waals surface area contributed by atoms with Crippen LogP contribution in [0, 0.1) is 0 Å². The first-order chi connectivity index (χ1) is 24.0. The van der Waals surface area contributed by atoms with E-state index in [2.05, 4.69) is 13.8 Å². The predicted octanol–water partition coefficient (Wildman–Crippen LogP) is 11.3. The first-order valence-corrected chi connectivity index (χ1v) is 18.8. The van der Waals surface area contributed by atoms with E-state index >= 15 is 0 Å². The number of fused-ring (bicyclic) bond motifs is 2. The average molecular weight is 658 g/mol. The number of hydrogen-bond donors (Lipinski definition) is 0. The van der Waals surface area contributed by atoms with Crippen molar-refractivity contribution in [1.82, 2.24) is 4.90 Å². The van der Waals surface area contributed by atoms with Crippen LogP contribution in [0.2, 0.25) is 0 Å². The standard InChI is InChI=1S/C43H47NO5/c1-3-5-7-9-11-13-15-17-27(18-16-14-12-10-8-6-4-2)44-40(45)32-23-19-28-30-21-25-34-39-35(43(48)49-42(34)47)26-22-31(37(30)39)29-20-24-33(41(44)46)38(32)36(28)29/h19-27H,3-18H2,1-2H3. The summed E-state index contributed by atoms with van der Waals surface area (Å²) in [6.07, 6.45) is 18.5. The van der Waals surface area contributed by atoms with Gasteiger partial charge in [-0.25, -0.2) is 9.59 Å². The quantitative estimate of drug-likeness (QED) is 0.0248. The maximum Gasteiger partial charge on any atom is 0.346 e. The summed E-state index contributed by atoms with van der Waals surface area (Å²) in [4.78, 5) is 55.9. The number of amides is 2. The molecule has 0 saturated heterocycles. The van der Waals surface area contributed by atoms with Gasteiger partial charge in [0.05, 0.1) is 11.1 Å². The molecule has 6 heteroatoms. The summed E-state index contributed by atoms with van der Waals surface area (Å²) in [5.74, 6) is -1.67. The number of esters is 2. The number of nitrogens with zero attached hydrogens (tertiary/aromatic N) is 1. The van der Waals surface area contributed by atoms with Crippen LogP contribution in [-0.2, 0) is 4.74 Å². The number of carbonyl (C=O) groups excluding carboxylic acids is 4. The smallest absolute Gasteiger partial charge is 0.346 e. The molecule has 0 saturated carbocycles. The Morgan fingerprint density at radius 1 is 0.449 bits per heavy atom. The van der Waals surface area contributed by atoms with E-state index in [1.165, 1.54) is 64.2 Å². The van der Waals surface area contributed by atoms with Gasteiger partial charge in [-0.2, -0.15) is 0 Å². The van der Waals surface area contributed by atoms with Gasteiger partial charge in [0.15, 0.2) is 0 Å². The van der Waals surface area contributed by atoms with Crippen LogP contribution in [-0.4, -0.2) is 34.7 Å². The molecule has 2 aliphatic heterocycles. The van der Waals surface area contributed by atoms with Crippen molar-refractivity contribution in [3.63, 3.8) is 0 Å². The Bertz CT molecular complexity index is 1940. The van der Waals surface area contributed by atoms with Crippen LogP contribution in [0.15, 0.2) is 48.5 Å². The highest BCUT2D eigenvalue weighted by atomic mass is 16.6. The molecular weight excluding hydrogens is 610 g/mol. The molecule has 6 nitrogen and oxygen atoms in total. The summed E-state index contributed by atoms with van der Waals surface area (Å²) in [5, 5.41) is 6.58. The van der Waals surface area contributed by atoms with Crippen molar-refractivity contribution in [3.8, 4) is 0 Å². The zero-order chi connectivity index (χ0) is 34.1. The van der Waals surface area contributed by atoms with Gasteiger partial charge in [-0.05, 0) is 69.4 Å². The van der Waals surface area contributed by atoms with Crippen LogP contribution in [0.4, 0.5) is 0 Å². The van der Waals surface area contributed by atoms with Crippen molar-refractivity contribution in [1.29, 1.82) is 0 Å². The Balaban J connectivity index is 1.24. The van der Waals surface area contributed by atoms with Gasteiger partial charge in [-0.3, -0.25) is 14.5 Å². The van der Waals surface area contributed by atoms with Gasteiger partial charge < -0.3 is 4.74 Å². The van der Waals surface area contributed by atoms with E-state index in [0.717, 1.165) is 70.8 Å². The summed E-state index contributed by atoms with van der Waals surface area (Å²) < 4.78 is 5.01. The van der Waals surface area contributed by atoms with E-state index in [9.17, 15) is 19.2 Å². The van der Waals surface area contributed by atoms with E-state index < -0.39 is 11.9 Å². The SMILES string of the molecule is CCCCCCCCCC(CCCCCCCCC)N1C(=O)c2ccc3c4ccc5c6c(ccc(c7ccc(c2c37)C1=O)c64)C(=O)OC5=O. The summed E-state index contributed by atoms with van der Waals surface area (Å²) in [7, 11) is 0. The lowest BCUT2D eigenvalue weighted by molar-refractivity contribution is 0.0389. The Morgan fingerprint density at radius 2 is 0.796 bits per heavy atom. The fraction of sp³-hybridized carbons (Fsp3) is 0.442. The number of unbranched alkanes of at least 4 members (excludes halogenated alkanes) is 12. The second-order valence-corrected chi connectivity index (χ2v) is 14.3. The Labute approximate surface area is 288 Å². The number of carbonyl (C=O) groups is 4. The molecule has 5 aromatic carbocycles. The molecule has 2 aliphatic rings. The third-order valence-electron chi connectivity index (χ3n) is 11.1.